The van der Waals surface area contributed by atoms with Crippen molar-refractivity contribution < 1.29 is 13.5 Å². The van der Waals surface area contributed by atoms with Crippen LogP contribution in [0.5, 0.6) is 0 Å². The van der Waals surface area contributed by atoms with E-state index in [1.54, 1.807) is 30.3 Å². The number of rotatable bonds is 3. The maximum Gasteiger partial charge on any atom is 0.175 e. The molecule has 1 rings (SSSR count). The monoisotopic (exact) mass is 212 g/mol. The molecule has 0 spiro atoms. The van der Waals surface area contributed by atoms with Crippen molar-refractivity contribution in [3.8, 4) is 0 Å². The van der Waals surface area contributed by atoms with Crippen LogP contribution in [-0.4, -0.2) is 19.8 Å². The molecule has 0 saturated heterocycles. The van der Waals surface area contributed by atoms with Gasteiger partial charge in [0.2, 0.25) is 0 Å². The van der Waals surface area contributed by atoms with Crippen LogP contribution in [0.1, 0.15) is 5.56 Å². The summed E-state index contributed by atoms with van der Waals surface area (Å²) in [6.07, 6.45) is 4.34. The van der Waals surface area contributed by atoms with Crippen molar-refractivity contribution in [1.29, 1.82) is 0 Å². The minimum atomic E-state index is -3.11. The Labute approximate surface area is 83.6 Å². The lowest BCUT2D eigenvalue weighted by Crippen LogP contribution is -1.96. The second kappa shape index (κ2) is 4.28. The number of allylic oxidation sites excluding steroid dienone is 1. The van der Waals surface area contributed by atoms with Crippen LogP contribution in [0, 0.1) is 0 Å². The Morgan fingerprint density at radius 2 is 1.86 bits per heavy atom. The normalized spacial score (nSPS) is 12.1. The van der Waals surface area contributed by atoms with Crippen LogP contribution in [0.25, 0.3) is 0 Å². The van der Waals surface area contributed by atoms with E-state index in [9.17, 15) is 8.42 Å². The fraction of sp³-hybridized carbons (Fsp3) is 0.200. The summed E-state index contributed by atoms with van der Waals surface area (Å²) in [7, 11) is -3.11. The van der Waals surface area contributed by atoms with Gasteiger partial charge in [0, 0.05) is 6.26 Å². The number of sulfone groups is 1. The summed E-state index contributed by atoms with van der Waals surface area (Å²) in [5.41, 5.74) is 0.961. The third-order valence-electron chi connectivity index (χ3n) is 1.81. The highest BCUT2D eigenvalue weighted by molar-refractivity contribution is 7.90. The molecule has 0 aromatic heterocycles. The highest BCUT2D eigenvalue weighted by atomic mass is 32.2. The lowest BCUT2D eigenvalue weighted by Gasteiger charge is -1.99. The summed E-state index contributed by atoms with van der Waals surface area (Å²) in [4.78, 5) is 0.314. The van der Waals surface area contributed by atoms with Crippen molar-refractivity contribution in [2.75, 3.05) is 6.26 Å². The third kappa shape index (κ3) is 2.88. The van der Waals surface area contributed by atoms with Gasteiger partial charge in [-0.2, -0.15) is 0 Å². The Kier molecular flexibility index (Phi) is 3.30. The fourth-order valence-corrected chi connectivity index (χ4v) is 1.69. The Morgan fingerprint density at radius 1 is 1.29 bits per heavy atom. The van der Waals surface area contributed by atoms with Gasteiger partial charge in [0.1, 0.15) is 0 Å². The first kappa shape index (κ1) is 10.8. The van der Waals surface area contributed by atoms with E-state index in [1.165, 1.54) is 6.26 Å². The molecule has 0 radical (unpaired) electrons. The molecule has 0 aliphatic carbocycles. The number of aliphatic hydroxyl groups excluding tert-OH is 1. The van der Waals surface area contributed by atoms with Gasteiger partial charge in [-0.1, -0.05) is 12.1 Å². The van der Waals surface area contributed by atoms with Crippen LogP contribution in [0.15, 0.2) is 41.5 Å². The molecule has 0 aliphatic heterocycles. The van der Waals surface area contributed by atoms with Gasteiger partial charge in [-0.05, 0) is 30.2 Å². The highest BCUT2D eigenvalue weighted by Crippen LogP contribution is 2.10. The molecular formula is C10H12O3S. The van der Waals surface area contributed by atoms with Crippen LogP contribution < -0.4 is 0 Å². The topological polar surface area (TPSA) is 54.4 Å². The zero-order valence-electron chi connectivity index (χ0n) is 7.84. The van der Waals surface area contributed by atoms with E-state index in [1.807, 2.05) is 0 Å². The summed E-state index contributed by atoms with van der Waals surface area (Å²) in [5, 5.41) is 8.43. The van der Waals surface area contributed by atoms with Crippen LogP contribution in [0.4, 0.5) is 0 Å². The predicted molar refractivity (Wildman–Crippen MR) is 55.0 cm³/mol. The Morgan fingerprint density at radius 3 is 2.29 bits per heavy atom. The fourth-order valence-electron chi connectivity index (χ4n) is 1.06. The van der Waals surface area contributed by atoms with E-state index in [0.29, 0.717) is 11.3 Å². The van der Waals surface area contributed by atoms with Crippen LogP contribution in [-0.2, 0) is 16.3 Å². The maximum atomic E-state index is 11.1. The lowest BCUT2D eigenvalue weighted by atomic mass is 10.1. The Balaban J connectivity index is 2.89. The highest BCUT2D eigenvalue weighted by Gasteiger charge is 2.05. The molecule has 0 atom stereocenters. The first-order valence-corrected chi connectivity index (χ1v) is 6.01. The van der Waals surface area contributed by atoms with E-state index >= 15 is 0 Å². The van der Waals surface area contributed by atoms with Gasteiger partial charge in [-0.3, -0.25) is 0 Å². The minimum Gasteiger partial charge on any atom is -0.516 e. The SMILES string of the molecule is CS(=O)(=O)c1ccc(C/C=C/O)cc1. The second-order valence-electron chi connectivity index (χ2n) is 3.01. The maximum absolute atomic E-state index is 11.1. The number of hydrogen-bond acceptors (Lipinski definition) is 3. The average Bonchev–Trinajstić information content (AvgIpc) is 2.14. The zero-order chi connectivity index (χ0) is 10.6. The first-order chi connectivity index (χ1) is 6.54. The Hall–Kier alpha value is -1.29. The second-order valence-corrected chi connectivity index (χ2v) is 5.02. The quantitative estimate of drug-likeness (QED) is 0.776. The molecule has 0 unspecified atom stereocenters. The van der Waals surface area contributed by atoms with Crippen molar-refractivity contribution in [2.24, 2.45) is 0 Å². The van der Waals surface area contributed by atoms with E-state index in [2.05, 4.69) is 0 Å². The van der Waals surface area contributed by atoms with Gasteiger partial charge in [0.15, 0.2) is 9.84 Å². The largest absolute Gasteiger partial charge is 0.516 e. The van der Waals surface area contributed by atoms with Gasteiger partial charge < -0.3 is 5.11 Å². The number of benzene rings is 1. The molecule has 76 valence electrons. The van der Waals surface area contributed by atoms with Gasteiger partial charge in [-0.15, -0.1) is 0 Å². The van der Waals surface area contributed by atoms with Crippen LogP contribution in [0.3, 0.4) is 0 Å². The van der Waals surface area contributed by atoms with Crippen molar-refractivity contribution in [3.63, 3.8) is 0 Å². The average molecular weight is 212 g/mol. The molecule has 14 heavy (non-hydrogen) atoms. The van der Waals surface area contributed by atoms with Crippen molar-refractivity contribution in [2.45, 2.75) is 11.3 Å². The van der Waals surface area contributed by atoms with Crippen LogP contribution >= 0.6 is 0 Å². The lowest BCUT2D eigenvalue weighted by molar-refractivity contribution is 0.471. The third-order valence-corrected chi connectivity index (χ3v) is 2.94. The molecule has 4 heteroatoms. The first-order valence-electron chi connectivity index (χ1n) is 4.12. The standard InChI is InChI=1S/C10H12O3S/c1-14(12,13)10-6-4-9(5-7-10)3-2-8-11/h2,4-8,11H,3H2,1H3/b8-2+. The van der Waals surface area contributed by atoms with Gasteiger partial charge >= 0.3 is 0 Å². The summed E-state index contributed by atoms with van der Waals surface area (Å²) < 4.78 is 22.2. The summed E-state index contributed by atoms with van der Waals surface area (Å²) in [6.45, 7) is 0. The number of aliphatic hydroxyl groups is 1. The molecule has 0 aliphatic rings. The summed E-state index contributed by atoms with van der Waals surface area (Å²) in [5.74, 6) is 0. The van der Waals surface area contributed by atoms with E-state index in [0.717, 1.165) is 11.8 Å². The van der Waals surface area contributed by atoms with Crippen molar-refractivity contribution in [1.82, 2.24) is 0 Å². The molecule has 0 heterocycles. The molecule has 1 aromatic carbocycles. The van der Waals surface area contributed by atoms with E-state index in [4.69, 9.17) is 5.11 Å². The summed E-state index contributed by atoms with van der Waals surface area (Å²) >= 11 is 0. The molecule has 1 aromatic rings. The van der Waals surface area contributed by atoms with E-state index < -0.39 is 9.84 Å². The number of hydrogen-bond donors (Lipinski definition) is 1. The van der Waals surface area contributed by atoms with Gasteiger partial charge in [-0.25, -0.2) is 8.42 Å². The molecule has 0 fully saturated rings. The van der Waals surface area contributed by atoms with Crippen molar-refractivity contribution in [3.05, 3.63) is 42.2 Å². The van der Waals surface area contributed by atoms with Crippen LogP contribution in [0.2, 0.25) is 0 Å². The molecule has 3 nitrogen and oxygen atoms in total. The molecule has 1 N–H and O–H groups in total. The minimum absolute atomic E-state index is 0.314. The van der Waals surface area contributed by atoms with Crippen molar-refractivity contribution >= 4 is 9.84 Å². The smallest absolute Gasteiger partial charge is 0.175 e. The summed E-state index contributed by atoms with van der Waals surface area (Å²) in [6, 6.07) is 6.60. The molecule has 0 saturated carbocycles. The zero-order valence-corrected chi connectivity index (χ0v) is 8.66. The molecular weight excluding hydrogens is 200 g/mol. The molecule has 0 amide bonds. The van der Waals surface area contributed by atoms with Gasteiger partial charge in [0.05, 0.1) is 11.2 Å². The Bertz CT molecular complexity index is 415. The van der Waals surface area contributed by atoms with Gasteiger partial charge in [0.25, 0.3) is 0 Å². The van der Waals surface area contributed by atoms with E-state index in [-0.39, 0.29) is 0 Å². The molecule has 0 bridgehead atoms. The predicted octanol–water partition coefficient (Wildman–Crippen LogP) is 1.70.